The van der Waals surface area contributed by atoms with Crippen LogP contribution in [0.4, 0.5) is 17.3 Å². The van der Waals surface area contributed by atoms with Crippen LogP contribution in [0.5, 0.6) is 0 Å². The number of nitrogens with one attached hydrogen (secondary N) is 3. The fourth-order valence-electron chi connectivity index (χ4n) is 2.43. The summed E-state index contributed by atoms with van der Waals surface area (Å²) in [5, 5.41) is 18.5. The predicted molar refractivity (Wildman–Crippen MR) is 108 cm³/mol. The molecule has 3 rings (SSSR count). The number of anilines is 3. The van der Waals surface area contributed by atoms with E-state index in [-0.39, 0.29) is 6.42 Å². The first-order valence-electron chi connectivity index (χ1n) is 8.30. The molecule has 0 bridgehead atoms. The van der Waals surface area contributed by atoms with E-state index in [1.807, 2.05) is 19.1 Å². The zero-order valence-corrected chi connectivity index (χ0v) is 15.4. The molecule has 1 aromatic carbocycles. The highest BCUT2D eigenvalue weighted by atomic mass is 32.1. The van der Waals surface area contributed by atoms with Crippen LogP contribution in [-0.2, 0) is 11.2 Å². The van der Waals surface area contributed by atoms with E-state index in [2.05, 4.69) is 30.9 Å². The van der Waals surface area contributed by atoms with Crippen LogP contribution >= 0.6 is 12.2 Å². The number of hydrogen-bond acceptors (Lipinski definition) is 6. The Bertz CT molecular complexity index is 995. The Morgan fingerprint density at radius 3 is 2.78 bits per heavy atom. The van der Waals surface area contributed by atoms with Gasteiger partial charge in [0.15, 0.2) is 16.6 Å². The summed E-state index contributed by atoms with van der Waals surface area (Å²) in [7, 11) is 0. The number of nitrogens with zero attached hydrogens (tertiary/aromatic N) is 3. The Kier molecular flexibility index (Phi) is 5.72. The second-order valence-corrected chi connectivity index (χ2v) is 6.08. The summed E-state index contributed by atoms with van der Waals surface area (Å²) in [6.07, 6.45) is 1.56. The first-order chi connectivity index (χ1) is 13.0. The number of aliphatic carboxylic acids is 1. The maximum Gasteiger partial charge on any atom is 0.307 e. The minimum Gasteiger partial charge on any atom is -0.481 e. The number of carbonyl (C=O) groups is 1. The van der Waals surface area contributed by atoms with Gasteiger partial charge in [-0.15, -0.1) is 0 Å². The maximum atomic E-state index is 10.9. The van der Waals surface area contributed by atoms with Gasteiger partial charge in [0.05, 0.1) is 12.6 Å². The van der Waals surface area contributed by atoms with Gasteiger partial charge in [-0.2, -0.15) is 0 Å². The van der Waals surface area contributed by atoms with Crippen LogP contribution in [0.3, 0.4) is 0 Å². The van der Waals surface area contributed by atoms with Crippen LogP contribution in [0, 0.1) is 0 Å². The third-order valence-electron chi connectivity index (χ3n) is 3.54. The van der Waals surface area contributed by atoms with Gasteiger partial charge in [-0.3, -0.25) is 4.79 Å². The molecule has 2 aromatic heterocycles. The zero-order chi connectivity index (χ0) is 19.2. The standard InChI is InChI=1S/C18H18N6O2S/c1-2-19-18(27)24-15-10-20-13-6-7-14(22-17(13)23-15)21-12-5-3-4-11(8-12)9-16(25)26/h3-8,10H,2,9H2,1H3,(H,25,26)(H3,19,21,22,23,24,27). The molecule has 0 aliphatic heterocycles. The van der Waals surface area contributed by atoms with Crippen molar-refractivity contribution in [2.24, 2.45) is 0 Å². The minimum absolute atomic E-state index is 0.0348. The van der Waals surface area contributed by atoms with E-state index in [1.165, 1.54) is 0 Å². The van der Waals surface area contributed by atoms with E-state index < -0.39 is 5.97 Å². The molecule has 0 radical (unpaired) electrons. The average molecular weight is 382 g/mol. The van der Waals surface area contributed by atoms with Gasteiger partial charge >= 0.3 is 5.97 Å². The highest BCUT2D eigenvalue weighted by Gasteiger charge is 2.06. The Morgan fingerprint density at radius 1 is 1.19 bits per heavy atom. The lowest BCUT2D eigenvalue weighted by Crippen LogP contribution is -2.28. The number of rotatable bonds is 6. The summed E-state index contributed by atoms with van der Waals surface area (Å²) >= 11 is 5.15. The molecule has 0 saturated heterocycles. The lowest BCUT2D eigenvalue weighted by molar-refractivity contribution is -0.136. The second-order valence-electron chi connectivity index (χ2n) is 5.67. The SMILES string of the molecule is CCNC(=S)Nc1cnc2ccc(Nc3cccc(CC(=O)O)c3)nc2n1. The molecule has 8 nitrogen and oxygen atoms in total. The number of fused-ring (bicyclic) bond motifs is 1. The fraction of sp³-hybridized carbons (Fsp3) is 0.167. The molecular formula is C18H18N6O2S. The molecule has 0 unspecified atom stereocenters. The molecule has 0 spiro atoms. The predicted octanol–water partition coefficient (Wildman–Crippen LogP) is 2.70. The van der Waals surface area contributed by atoms with Gasteiger partial charge in [-0.1, -0.05) is 12.1 Å². The molecule has 138 valence electrons. The topological polar surface area (TPSA) is 112 Å². The van der Waals surface area contributed by atoms with Gasteiger partial charge in [-0.25, -0.2) is 15.0 Å². The van der Waals surface area contributed by atoms with E-state index in [1.54, 1.807) is 30.5 Å². The summed E-state index contributed by atoms with van der Waals surface area (Å²) < 4.78 is 0. The van der Waals surface area contributed by atoms with Crippen molar-refractivity contribution in [3.63, 3.8) is 0 Å². The Balaban J connectivity index is 1.81. The largest absolute Gasteiger partial charge is 0.481 e. The number of hydrogen-bond donors (Lipinski definition) is 4. The van der Waals surface area contributed by atoms with Gasteiger partial charge in [0.25, 0.3) is 0 Å². The van der Waals surface area contributed by atoms with E-state index in [0.29, 0.717) is 40.0 Å². The van der Waals surface area contributed by atoms with Crippen LogP contribution < -0.4 is 16.0 Å². The molecule has 0 fully saturated rings. The lowest BCUT2D eigenvalue weighted by Gasteiger charge is -2.09. The molecule has 2 heterocycles. The lowest BCUT2D eigenvalue weighted by atomic mass is 10.1. The first kappa shape index (κ1) is 18.5. The molecule has 0 amide bonds. The molecule has 9 heteroatoms. The first-order valence-corrected chi connectivity index (χ1v) is 8.70. The van der Waals surface area contributed by atoms with Crippen LogP contribution in [0.2, 0.25) is 0 Å². The number of benzene rings is 1. The van der Waals surface area contributed by atoms with Crippen molar-refractivity contribution in [1.29, 1.82) is 0 Å². The maximum absolute atomic E-state index is 10.9. The van der Waals surface area contributed by atoms with E-state index in [9.17, 15) is 4.79 Å². The van der Waals surface area contributed by atoms with Crippen LogP contribution in [0.25, 0.3) is 11.2 Å². The van der Waals surface area contributed by atoms with Gasteiger partial charge in [-0.05, 0) is 49.0 Å². The molecule has 27 heavy (non-hydrogen) atoms. The normalized spacial score (nSPS) is 10.4. The summed E-state index contributed by atoms with van der Waals surface area (Å²) in [4.78, 5) is 24.1. The molecule has 0 saturated carbocycles. The summed E-state index contributed by atoms with van der Waals surface area (Å²) in [5.74, 6) is 0.207. The molecule has 0 aliphatic rings. The molecule has 3 aromatic rings. The van der Waals surface area contributed by atoms with E-state index in [4.69, 9.17) is 17.3 Å². The van der Waals surface area contributed by atoms with Crippen molar-refractivity contribution in [3.05, 3.63) is 48.2 Å². The number of pyridine rings is 1. The van der Waals surface area contributed by atoms with Crippen molar-refractivity contribution < 1.29 is 9.90 Å². The second kappa shape index (κ2) is 8.37. The van der Waals surface area contributed by atoms with Gasteiger partial charge in [0.2, 0.25) is 0 Å². The monoisotopic (exact) mass is 382 g/mol. The fourth-order valence-corrected chi connectivity index (χ4v) is 2.68. The highest BCUT2D eigenvalue weighted by Crippen LogP contribution is 2.19. The van der Waals surface area contributed by atoms with Crippen molar-refractivity contribution >= 4 is 51.8 Å². The Labute approximate surface area is 161 Å². The van der Waals surface area contributed by atoms with Crippen LogP contribution in [-0.4, -0.2) is 37.7 Å². The summed E-state index contributed by atoms with van der Waals surface area (Å²) in [5.41, 5.74) is 2.57. The summed E-state index contributed by atoms with van der Waals surface area (Å²) in [6, 6.07) is 10.8. The van der Waals surface area contributed by atoms with Crippen molar-refractivity contribution in [1.82, 2.24) is 20.3 Å². The molecule has 0 atom stereocenters. The third-order valence-corrected chi connectivity index (χ3v) is 3.79. The van der Waals surface area contributed by atoms with Crippen LogP contribution in [0.1, 0.15) is 12.5 Å². The van der Waals surface area contributed by atoms with E-state index >= 15 is 0 Å². The molecular weight excluding hydrogens is 364 g/mol. The van der Waals surface area contributed by atoms with Crippen LogP contribution in [0.15, 0.2) is 42.6 Å². The highest BCUT2D eigenvalue weighted by molar-refractivity contribution is 7.80. The van der Waals surface area contributed by atoms with Crippen molar-refractivity contribution in [2.45, 2.75) is 13.3 Å². The number of carboxylic acids is 1. The van der Waals surface area contributed by atoms with Gasteiger partial charge in [0.1, 0.15) is 11.3 Å². The van der Waals surface area contributed by atoms with Gasteiger partial charge in [0, 0.05) is 12.2 Å². The summed E-state index contributed by atoms with van der Waals surface area (Å²) in [6.45, 7) is 2.66. The zero-order valence-electron chi connectivity index (χ0n) is 14.6. The molecule has 0 aliphatic carbocycles. The number of thiocarbonyl (C=S) groups is 1. The minimum atomic E-state index is -0.873. The Hall–Kier alpha value is -3.33. The smallest absolute Gasteiger partial charge is 0.307 e. The van der Waals surface area contributed by atoms with Gasteiger partial charge < -0.3 is 21.1 Å². The number of carboxylic acid groups (broad SMARTS) is 1. The average Bonchev–Trinajstić information content (AvgIpc) is 2.61. The Morgan fingerprint density at radius 2 is 2.00 bits per heavy atom. The van der Waals surface area contributed by atoms with Crippen molar-refractivity contribution in [3.8, 4) is 0 Å². The quantitative estimate of drug-likeness (QED) is 0.478. The number of aromatic nitrogens is 3. The molecule has 4 N–H and O–H groups in total. The van der Waals surface area contributed by atoms with E-state index in [0.717, 1.165) is 5.69 Å². The van der Waals surface area contributed by atoms with Crippen molar-refractivity contribution in [2.75, 3.05) is 17.2 Å². The third kappa shape index (κ3) is 5.08.